The van der Waals surface area contributed by atoms with Gasteiger partial charge in [0.2, 0.25) is 11.7 Å². The third-order valence-electron chi connectivity index (χ3n) is 4.75. The first-order valence-electron chi connectivity index (χ1n) is 9.44. The number of fused-ring (bicyclic) bond motifs is 1. The Morgan fingerprint density at radius 2 is 2.32 bits per heavy atom. The van der Waals surface area contributed by atoms with Gasteiger partial charge in [0.15, 0.2) is 5.76 Å². The Labute approximate surface area is 163 Å². The summed E-state index contributed by atoms with van der Waals surface area (Å²) in [5, 5.41) is 0.924. The lowest BCUT2D eigenvalue weighted by Crippen LogP contribution is -2.27. The van der Waals surface area contributed by atoms with Gasteiger partial charge in [0.05, 0.1) is 13.2 Å². The molecule has 0 spiro atoms. The highest BCUT2D eigenvalue weighted by Gasteiger charge is 2.36. The van der Waals surface area contributed by atoms with Crippen LogP contribution >= 0.6 is 0 Å². The number of carbonyl (C=O) groups is 1. The third kappa shape index (κ3) is 3.41. The summed E-state index contributed by atoms with van der Waals surface area (Å²) in [6.45, 7) is 8.92. The fourth-order valence-electron chi connectivity index (χ4n) is 3.42. The highest BCUT2D eigenvalue weighted by atomic mass is 16.5. The van der Waals surface area contributed by atoms with Gasteiger partial charge in [0, 0.05) is 43.0 Å². The van der Waals surface area contributed by atoms with E-state index in [1.807, 2.05) is 30.2 Å². The van der Waals surface area contributed by atoms with Crippen LogP contribution in [0, 0.1) is 0 Å². The minimum Gasteiger partial charge on any atom is -0.494 e. The summed E-state index contributed by atoms with van der Waals surface area (Å²) in [6, 6.07) is 3.81. The Hall–Kier alpha value is -3.06. The Balaban J connectivity index is 1.70. The van der Waals surface area contributed by atoms with E-state index in [0.29, 0.717) is 43.6 Å². The van der Waals surface area contributed by atoms with Gasteiger partial charge in [-0.05, 0) is 31.6 Å². The normalized spacial score (nSPS) is 19.2. The van der Waals surface area contributed by atoms with E-state index in [2.05, 4.69) is 16.5 Å². The van der Waals surface area contributed by atoms with E-state index in [1.54, 1.807) is 12.3 Å². The number of aromatic nitrogens is 2. The zero-order chi connectivity index (χ0) is 19.5. The number of ketones is 1. The van der Waals surface area contributed by atoms with E-state index in [-0.39, 0.29) is 11.5 Å². The Morgan fingerprint density at radius 1 is 1.43 bits per heavy atom. The predicted molar refractivity (Wildman–Crippen MR) is 105 cm³/mol. The number of ether oxygens (including phenoxy) is 3. The quantitative estimate of drug-likeness (QED) is 0.634. The van der Waals surface area contributed by atoms with Gasteiger partial charge in [-0.3, -0.25) is 4.79 Å². The van der Waals surface area contributed by atoms with Crippen molar-refractivity contribution in [2.24, 2.45) is 0 Å². The molecule has 146 valence electrons. The molecule has 7 heteroatoms. The average molecular weight is 381 g/mol. The molecule has 0 bridgehead atoms. The molecule has 2 aliphatic heterocycles. The number of rotatable bonds is 5. The summed E-state index contributed by atoms with van der Waals surface area (Å²) in [5.74, 6) is 0.854. The van der Waals surface area contributed by atoms with Crippen LogP contribution in [0.1, 0.15) is 18.9 Å². The molecule has 2 aromatic rings. The minimum atomic E-state index is -0.225. The van der Waals surface area contributed by atoms with Crippen molar-refractivity contribution in [3.63, 3.8) is 0 Å². The number of nitrogens with zero attached hydrogens (tertiary/aromatic N) is 2. The van der Waals surface area contributed by atoms with Gasteiger partial charge in [-0.25, -0.2) is 4.98 Å². The van der Waals surface area contributed by atoms with E-state index in [9.17, 15) is 4.79 Å². The van der Waals surface area contributed by atoms with Crippen LogP contribution in [0.5, 0.6) is 0 Å². The van der Waals surface area contributed by atoms with Crippen LogP contribution in [0.4, 0.5) is 0 Å². The number of hydrogen-bond donors (Lipinski definition) is 1. The Bertz CT molecular complexity index is 965. The van der Waals surface area contributed by atoms with Gasteiger partial charge in [-0.1, -0.05) is 6.58 Å². The van der Waals surface area contributed by atoms with Crippen LogP contribution in [0.2, 0.25) is 0 Å². The highest BCUT2D eigenvalue weighted by molar-refractivity contribution is 6.14. The van der Waals surface area contributed by atoms with Crippen molar-refractivity contribution < 1.29 is 19.0 Å². The molecule has 0 aliphatic carbocycles. The van der Waals surface area contributed by atoms with E-state index in [1.165, 1.54) is 0 Å². The first-order chi connectivity index (χ1) is 13.7. The van der Waals surface area contributed by atoms with E-state index in [4.69, 9.17) is 14.2 Å². The maximum atomic E-state index is 13.1. The molecule has 2 aromatic heterocycles. The van der Waals surface area contributed by atoms with E-state index < -0.39 is 0 Å². The van der Waals surface area contributed by atoms with Crippen LogP contribution in [-0.2, 0) is 19.0 Å². The zero-order valence-electron chi connectivity index (χ0n) is 15.9. The van der Waals surface area contributed by atoms with Crippen molar-refractivity contribution in [2.75, 3.05) is 32.9 Å². The third-order valence-corrected chi connectivity index (χ3v) is 4.75. The molecule has 0 atom stereocenters. The first-order valence-corrected chi connectivity index (χ1v) is 9.44. The largest absolute Gasteiger partial charge is 0.494 e. The zero-order valence-corrected chi connectivity index (χ0v) is 15.9. The first kappa shape index (κ1) is 18.3. The molecule has 0 amide bonds. The lowest BCUT2D eigenvalue weighted by molar-refractivity contribution is -0.113. The second kappa shape index (κ2) is 7.90. The van der Waals surface area contributed by atoms with Crippen LogP contribution in [-0.4, -0.2) is 53.6 Å². The van der Waals surface area contributed by atoms with Crippen LogP contribution in [0.25, 0.3) is 17.1 Å². The van der Waals surface area contributed by atoms with Gasteiger partial charge in [0.25, 0.3) is 0 Å². The number of allylic oxidation sites excluding steroid dienone is 2. The van der Waals surface area contributed by atoms with Crippen LogP contribution < -0.4 is 0 Å². The molecule has 4 rings (SSSR count). The fourth-order valence-corrected chi connectivity index (χ4v) is 3.42. The van der Waals surface area contributed by atoms with Gasteiger partial charge in [-0.15, -0.1) is 0 Å². The molecule has 7 nitrogen and oxygen atoms in total. The smallest absolute Gasteiger partial charge is 0.237 e. The average Bonchev–Trinajstić information content (AvgIpc) is 3.12. The topological polar surface area (TPSA) is 76.7 Å². The number of carbonyl (C=O) groups excluding carboxylic acids is 1. The summed E-state index contributed by atoms with van der Waals surface area (Å²) in [6.07, 6.45) is 6.14. The van der Waals surface area contributed by atoms with E-state index >= 15 is 0 Å². The molecule has 2 aliphatic rings. The number of Topliss-reactive ketones (excluding diaryl/α,β-unsaturated/α-hetero) is 1. The molecule has 1 fully saturated rings. The van der Waals surface area contributed by atoms with Crippen molar-refractivity contribution in [3.8, 4) is 0 Å². The van der Waals surface area contributed by atoms with Crippen LogP contribution in [0.3, 0.4) is 0 Å². The summed E-state index contributed by atoms with van der Waals surface area (Å²) in [7, 11) is 0. The van der Waals surface area contributed by atoms with Crippen molar-refractivity contribution in [1.29, 1.82) is 0 Å². The molecular formula is C21H23N3O4. The maximum Gasteiger partial charge on any atom is 0.237 e. The number of aromatic amines is 1. The van der Waals surface area contributed by atoms with Gasteiger partial charge >= 0.3 is 0 Å². The monoisotopic (exact) mass is 381 g/mol. The summed E-state index contributed by atoms with van der Waals surface area (Å²) in [4.78, 5) is 22.6. The van der Waals surface area contributed by atoms with Gasteiger partial charge < -0.3 is 24.1 Å². The predicted octanol–water partition coefficient (Wildman–Crippen LogP) is 2.99. The second-order valence-electron chi connectivity index (χ2n) is 6.57. The summed E-state index contributed by atoms with van der Waals surface area (Å²) >= 11 is 0. The molecule has 4 heterocycles. The van der Waals surface area contributed by atoms with Crippen molar-refractivity contribution >= 4 is 22.9 Å². The molecule has 1 saturated heterocycles. The van der Waals surface area contributed by atoms with Crippen molar-refractivity contribution in [3.05, 3.63) is 59.6 Å². The lowest BCUT2D eigenvalue weighted by atomic mass is 10.1. The number of H-pyrrole nitrogens is 1. The molecule has 0 radical (unpaired) electrons. The summed E-state index contributed by atoms with van der Waals surface area (Å²) in [5.41, 5.74) is 1.98. The SMILES string of the molecule is C=C(OCC)C1=C(N2CCCOCC2)O/C(=C\c2c[nH]c3ncccc23)C1=O. The molecule has 28 heavy (non-hydrogen) atoms. The number of hydrogen-bond acceptors (Lipinski definition) is 6. The number of nitrogens with one attached hydrogen (secondary N) is 1. The highest BCUT2D eigenvalue weighted by Crippen LogP contribution is 2.34. The molecule has 0 aromatic carbocycles. The molecule has 0 saturated carbocycles. The fraction of sp³-hybridized carbons (Fsp3) is 0.333. The standard InChI is InChI=1S/C21H23N3O4/c1-3-27-14(2)18-19(25)17(28-21(18)24-8-5-10-26-11-9-24)12-15-13-23-20-16(15)6-4-7-22-20/h4,6-7,12-13H,2-3,5,8-11H2,1H3,(H,22,23)/b17-12-. The molecule has 1 N–H and O–H groups in total. The van der Waals surface area contributed by atoms with Gasteiger partial charge in [-0.2, -0.15) is 0 Å². The summed E-state index contributed by atoms with van der Waals surface area (Å²) < 4.78 is 17.1. The van der Waals surface area contributed by atoms with Gasteiger partial charge in [0.1, 0.15) is 17.0 Å². The maximum absolute atomic E-state index is 13.1. The minimum absolute atomic E-state index is 0.225. The molecule has 0 unspecified atom stereocenters. The molecular weight excluding hydrogens is 358 g/mol. The Kier molecular flexibility index (Phi) is 5.16. The van der Waals surface area contributed by atoms with Crippen molar-refractivity contribution in [2.45, 2.75) is 13.3 Å². The number of pyridine rings is 1. The van der Waals surface area contributed by atoms with Crippen molar-refractivity contribution in [1.82, 2.24) is 14.9 Å². The second-order valence-corrected chi connectivity index (χ2v) is 6.57. The lowest BCUT2D eigenvalue weighted by Gasteiger charge is -2.23. The van der Waals surface area contributed by atoms with Crippen LogP contribution in [0.15, 0.2) is 54.1 Å². The Morgan fingerprint density at radius 3 is 3.18 bits per heavy atom. The van der Waals surface area contributed by atoms with E-state index in [0.717, 1.165) is 29.6 Å².